The molecule has 2 nitrogen and oxygen atoms in total. The highest BCUT2D eigenvalue weighted by Gasteiger charge is 2.24. The highest BCUT2D eigenvalue weighted by Crippen LogP contribution is 2.19. The third-order valence-electron chi connectivity index (χ3n) is 4.49. The lowest BCUT2D eigenvalue weighted by molar-refractivity contribution is 0.142. The van der Waals surface area contributed by atoms with Gasteiger partial charge in [0.1, 0.15) is 5.82 Å². The van der Waals surface area contributed by atoms with E-state index in [1.807, 2.05) is 12.1 Å². The van der Waals surface area contributed by atoms with E-state index in [0.29, 0.717) is 12.0 Å². The predicted octanol–water partition coefficient (Wildman–Crippen LogP) is 3.83. The third kappa shape index (κ3) is 4.88. The van der Waals surface area contributed by atoms with Crippen LogP contribution in [-0.4, -0.2) is 24.0 Å². The van der Waals surface area contributed by atoms with Gasteiger partial charge in [-0.1, -0.05) is 49.4 Å². The van der Waals surface area contributed by atoms with Crippen molar-refractivity contribution in [3.63, 3.8) is 0 Å². The van der Waals surface area contributed by atoms with Crippen LogP contribution in [0.5, 0.6) is 0 Å². The molecule has 2 aromatic carbocycles. The van der Waals surface area contributed by atoms with Crippen molar-refractivity contribution in [3.8, 4) is 0 Å². The van der Waals surface area contributed by atoms with Crippen LogP contribution < -0.4 is 5.32 Å². The maximum absolute atomic E-state index is 13.0. The molecular formula is C20H25FN2. The van der Waals surface area contributed by atoms with Gasteiger partial charge in [0.15, 0.2) is 0 Å². The van der Waals surface area contributed by atoms with Crippen LogP contribution in [0, 0.1) is 11.7 Å². The second-order valence-electron chi connectivity index (χ2n) is 6.72. The summed E-state index contributed by atoms with van der Waals surface area (Å²) >= 11 is 0. The number of nitrogens with zero attached hydrogens (tertiary/aromatic N) is 1. The lowest BCUT2D eigenvalue weighted by atomic mass is 9.95. The average Bonchev–Trinajstić information content (AvgIpc) is 2.56. The fraction of sp³-hybridized carbons (Fsp3) is 0.400. The number of halogens is 1. The fourth-order valence-corrected chi connectivity index (χ4v) is 3.44. The molecule has 0 aliphatic carbocycles. The van der Waals surface area contributed by atoms with E-state index in [1.54, 1.807) is 12.1 Å². The van der Waals surface area contributed by atoms with E-state index in [9.17, 15) is 4.39 Å². The summed E-state index contributed by atoms with van der Waals surface area (Å²) in [5.74, 6) is 0.514. The Balaban J connectivity index is 1.55. The minimum Gasteiger partial charge on any atom is -0.309 e. The molecule has 1 aliphatic rings. The standard InChI is InChI=1S/C20H25FN2/c1-16-11-20(22-12-17-5-3-2-4-6-17)15-23(13-16)14-18-7-9-19(21)10-8-18/h2-10,16,20,22H,11-15H2,1H3. The van der Waals surface area contributed by atoms with Crippen molar-refractivity contribution < 1.29 is 4.39 Å². The smallest absolute Gasteiger partial charge is 0.123 e. The molecule has 3 heteroatoms. The number of hydrogen-bond acceptors (Lipinski definition) is 2. The summed E-state index contributed by atoms with van der Waals surface area (Å²) in [5, 5.41) is 3.69. The molecule has 2 unspecified atom stereocenters. The Kier molecular flexibility index (Phi) is 5.42. The van der Waals surface area contributed by atoms with Crippen LogP contribution >= 0.6 is 0 Å². The molecule has 23 heavy (non-hydrogen) atoms. The quantitative estimate of drug-likeness (QED) is 0.903. The van der Waals surface area contributed by atoms with Crippen LogP contribution in [0.15, 0.2) is 54.6 Å². The lowest BCUT2D eigenvalue weighted by Crippen LogP contribution is -2.48. The van der Waals surface area contributed by atoms with Gasteiger partial charge in [0.2, 0.25) is 0 Å². The average molecular weight is 312 g/mol. The van der Waals surface area contributed by atoms with Crippen molar-refractivity contribution in [2.45, 2.75) is 32.5 Å². The number of likely N-dealkylation sites (tertiary alicyclic amines) is 1. The Labute approximate surface area is 138 Å². The van der Waals surface area contributed by atoms with Crippen LogP contribution in [0.2, 0.25) is 0 Å². The van der Waals surface area contributed by atoms with E-state index < -0.39 is 0 Å². The molecular weight excluding hydrogens is 287 g/mol. The van der Waals surface area contributed by atoms with Gasteiger partial charge in [-0.25, -0.2) is 4.39 Å². The molecule has 2 atom stereocenters. The first kappa shape index (κ1) is 16.2. The van der Waals surface area contributed by atoms with E-state index in [0.717, 1.165) is 26.2 Å². The van der Waals surface area contributed by atoms with Crippen LogP contribution in [0.3, 0.4) is 0 Å². The maximum atomic E-state index is 13.0. The molecule has 122 valence electrons. The first-order valence-electron chi connectivity index (χ1n) is 8.43. The Morgan fingerprint density at radius 3 is 2.48 bits per heavy atom. The van der Waals surface area contributed by atoms with Gasteiger partial charge < -0.3 is 5.32 Å². The second kappa shape index (κ2) is 7.71. The van der Waals surface area contributed by atoms with Crippen molar-refractivity contribution in [1.29, 1.82) is 0 Å². The normalized spacial score (nSPS) is 22.2. The Morgan fingerprint density at radius 1 is 1.00 bits per heavy atom. The van der Waals surface area contributed by atoms with Crippen molar-refractivity contribution in [2.75, 3.05) is 13.1 Å². The molecule has 1 aliphatic heterocycles. The number of hydrogen-bond donors (Lipinski definition) is 1. The number of benzene rings is 2. The van der Waals surface area contributed by atoms with Crippen LogP contribution in [0.4, 0.5) is 4.39 Å². The molecule has 1 saturated heterocycles. The van der Waals surface area contributed by atoms with Crippen LogP contribution in [0.1, 0.15) is 24.5 Å². The molecule has 0 bridgehead atoms. The van der Waals surface area contributed by atoms with Gasteiger partial charge in [0, 0.05) is 32.2 Å². The van der Waals surface area contributed by atoms with Gasteiger partial charge in [-0.2, -0.15) is 0 Å². The molecule has 0 spiro atoms. The van der Waals surface area contributed by atoms with Gasteiger partial charge in [0.25, 0.3) is 0 Å². The highest BCUT2D eigenvalue weighted by atomic mass is 19.1. The third-order valence-corrected chi connectivity index (χ3v) is 4.49. The van der Waals surface area contributed by atoms with Crippen LogP contribution in [0.25, 0.3) is 0 Å². The van der Waals surface area contributed by atoms with Crippen molar-refractivity contribution in [3.05, 3.63) is 71.5 Å². The lowest BCUT2D eigenvalue weighted by Gasteiger charge is -2.37. The molecule has 1 heterocycles. The van der Waals surface area contributed by atoms with Crippen molar-refractivity contribution in [2.24, 2.45) is 5.92 Å². The van der Waals surface area contributed by atoms with E-state index in [-0.39, 0.29) is 5.82 Å². The van der Waals surface area contributed by atoms with E-state index in [1.165, 1.54) is 17.5 Å². The number of rotatable bonds is 5. The molecule has 1 N–H and O–H groups in total. The van der Waals surface area contributed by atoms with Gasteiger partial charge in [0.05, 0.1) is 0 Å². The molecule has 0 aromatic heterocycles. The first-order valence-corrected chi connectivity index (χ1v) is 8.43. The first-order chi connectivity index (χ1) is 11.2. The highest BCUT2D eigenvalue weighted by molar-refractivity contribution is 5.16. The SMILES string of the molecule is CC1CC(NCc2ccccc2)CN(Cc2ccc(F)cc2)C1. The maximum Gasteiger partial charge on any atom is 0.123 e. The summed E-state index contributed by atoms with van der Waals surface area (Å²) in [4.78, 5) is 2.48. The van der Waals surface area contributed by atoms with Gasteiger partial charge in [-0.3, -0.25) is 4.90 Å². The Morgan fingerprint density at radius 2 is 1.74 bits per heavy atom. The fourth-order valence-electron chi connectivity index (χ4n) is 3.44. The van der Waals surface area contributed by atoms with Crippen molar-refractivity contribution >= 4 is 0 Å². The van der Waals surface area contributed by atoms with E-state index >= 15 is 0 Å². The summed E-state index contributed by atoms with van der Waals surface area (Å²) in [7, 11) is 0. The van der Waals surface area contributed by atoms with Crippen LogP contribution in [-0.2, 0) is 13.1 Å². The van der Waals surface area contributed by atoms with Gasteiger partial charge in [-0.15, -0.1) is 0 Å². The Bertz CT molecular complexity index is 597. The second-order valence-corrected chi connectivity index (χ2v) is 6.72. The minimum absolute atomic E-state index is 0.164. The van der Waals surface area contributed by atoms with E-state index in [2.05, 4.69) is 47.5 Å². The Hall–Kier alpha value is -1.71. The van der Waals surface area contributed by atoms with Gasteiger partial charge in [-0.05, 0) is 35.6 Å². The zero-order valence-electron chi connectivity index (χ0n) is 13.7. The molecule has 2 aromatic rings. The minimum atomic E-state index is -0.164. The summed E-state index contributed by atoms with van der Waals surface area (Å²) in [6, 6.07) is 17.9. The number of piperidine rings is 1. The molecule has 0 radical (unpaired) electrons. The predicted molar refractivity (Wildman–Crippen MR) is 92.5 cm³/mol. The molecule has 3 rings (SSSR count). The van der Waals surface area contributed by atoms with Crippen molar-refractivity contribution in [1.82, 2.24) is 10.2 Å². The summed E-state index contributed by atoms with van der Waals surface area (Å²) in [6.45, 7) is 6.29. The van der Waals surface area contributed by atoms with E-state index in [4.69, 9.17) is 0 Å². The summed E-state index contributed by atoms with van der Waals surface area (Å²) in [6.07, 6.45) is 1.22. The topological polar surface area (TPSA) is 15.3 Å². The molecule has 1 fully saturated rings. The molecule has 0 saturated carbocycles. The zero-order valence-corrected chi connectivity index (χ0v) is 13.7. The number of nitrogens with one attached hydrogen (secondary N) is 1. The zero-order chi connectivity index (χ0) is 16.1. The van der Waals surface area contributed by atoms with Gasteiger partial charge >= 0.3 is 0 Å². The largest absolute Gasteiger partial charge is 0.309 e. The molecule has 0 amide bonds. The monoisotopic (exact) mass is 312 g/mol. The summed E-state index contributed by atoms with van der Waals surface area (Å²) in [5.41, 5.74) is 2.51. The summed E-state index contributed by atoms with van der Waals surface area (Å²) < 4.78 is 13.0.